The van der Waals surface area contributed by atoms with E-state index in [0.717, 1.165) is 53.7 Å². The normalized spacial score (nSPS) is 16.7. The third-order valence-electron chi connectivity index (χ3n) is 8.08. The monoisotopic (exact) mass is 633 g/mol. The molecule has 1 aliphatic rings. The first-order chi connectivity index (χ1) is 21.5. The lowest BCUT2D eigenvalue weighted by molar-refractivity contribution is -0.130. The molecule has 1 aromatic heterocycles. The van der Waals surface area contributed by atoms with Crippen molar-refractivity contribution in [2.45, 2.75) is 38.1 Å². The Morgan fingerprint density at radius 3 is 2.16 bits per heavy atom. The molecule has 0 unspecified atom stereocenters. The molecular formula is C33H40ClN7O4. The number of nitrogens with zero attached hydrogens (tertiary/aromatic N) is 3. The van der Waals surface area contributed by atoms with Gasteiger partial charge >= 0.3 is 0 Å². The molecule has 0 radical (unpaired) electrons. The van der Waals surface area contributed by atoms with Gasteiger partial charge in [-0.05, 0) is 96.4 Å². The largest absolute Gasteiger partial charge is 0.491 e. The fourth-order valence-electron chi connectivity index (χ4n) is 5.43. The number of methoxy groups -OCH3 is 1. The summed E-state index contributed by atoms with van der Waals surface area (Å²) in [4.78, 5) is 26.9. The number of carbonyl (C=O) groups excluding carboxylic acids is 2. The second-order valence-electron chi connectivity index (χ2n) is 11.1. The molecule has 1 fully saturated rings. The van der Waals surface area contributed by atoms with Crippen molar-refractivity contribution in [2.75, 3.05) is 32.2 Å². The smallest absolute Gasteiger partial charge is 0.247 e. The van der Waals surface area contributed by atoms with E-state index >= 15 is 0 Å². The highest BCUT2D eigenvalue weighted by molar-refractivity contribution is 5.97. The number of hydrogen-bond acceptors (Lipinski definition) is 8. The summed E-state index contributed by atoms with van der Waals surface area (Å²) < 4.78 is 10.7. The van der Waals surface area contributed by atoms with Gasteiger partial charge in [0.15, 0.2) is 0 Å². The number of nitrogens with two attached hydrogens (primary N) is 1. The molecule has 1 atom stereocenters. The van der Waals surface area contributed by atoms with Crippen molar-refractivity contribution in [3.05, 3.63) is 78.4 Å². The summed E-state index contributed by atoms with van der Waals surface area (Å²) >= 11 is 0. The van der Waals surface area contributed by atoms with Crippen molar-refractivity contribution in [3.63, 3.8) is 0 Å². The van der Waals surface area contributed by atoms with Gasteiger partial charge in [0.2, 0.25) is 17.6 Å². The summed E-state index contributed by atoms with van der Waals surface area (Å²) in [5.41, 5.74) is 10.2. The summed E-state index contributed by atoms with van der Waals surface area (Å²) in [6.07, 6.45) is 3.78. The minimum absolute atomic E-state index is 0. The molecule has 3 aromatic carbocycles. The maximum Gasteiger partial charge on any atom is 0.247 e. The number of anilines is 1. The van der Waals surface area contributed by atoms with Gasteiger partial charge in [0.05, 0.1) is 6.61 Å². The first kappa shape index (κ1) is 33.6. The third kappa shape index (κ3) is 9.34. The molecule has 0 spiro atoms. The number of ether oxygens (including phenoxy) is 2. The van der Waals surface area contributed by atoms with E-state index in [9.17, 15) is 9.59 Å². The van der Waals surface area contributed by atoms with Crippen LogP contribution < -0.4 is 21.1 Å². The van der Waals surface area contributed by atoms with Crippen LogP contribution in [-0.4, -0.2) is 65.3 Å². The standard InChI is InChI=1S/C33H39N7O4.ClH/c1-43-18-19-44-29-16-12-25(13-17-29)24-6-2-22(3-7-24)20-30(36-32(41)27-8-4-23(21-34)5-9-27)33(42)35-28-14-10-26(11-15-28)31-37-39-40-38-31;/h2-3,6-7,10-17,23,27,30H,4-5,8-9,18-21,34H2,1H3,(H,35,42)(H,36,41)(H,37,38,39,40);1H/t23-,27-,30-;/m0./s1. The van der Waals surface area contributed by atoms with Crippen molar-refractivity contribution >= 4 is 29.9 Å². The Labute approximate surface area is 269 Å². The molecule has 0 aliphatic heterocycles. The SMILES string of the molecule is COCCOc1ccc(-c2ccc(C[C@H](NC(=O)[C@H]3CC[C@H](CN)CC3)C(=O)Nc3ccc(-c4nn[nH]n4)cc3)cc2)cc1.Cl. The van der Waals surface area contributed by atoms with Crippen molar-refractivity contribution < 1.29 is 19.1 Å². The highest BCUT2D eigenvalue weighted by Gasteiger charge is 2.29. The Morgan fingerprint density at radius 2 is 1.56 bits per heavy atom. The third-order valence-corrected chi connectivity index (χ3v) is 8.08. The summed E-state index contributed by atoms with van der Waals surface area (Å²) in [6, 6.07) is 22.4. The second kappa shape index (κ2) is 16.7. The predicted molar refractivity (Wildman–Crippen MR) is 175 cm³/mol. The van der Waals surface area contributed by atoms with Crippen LogP contribution in [0.1, 0.15) is 31.2 Å². The van der Waals surface area contributed by atoms with Crippen LogP contribution in [0.15, 0.2) is 72.8 Å². The van der Waals surface area contributed by atoms with E-state index in [1.54, 1.807) is 31.4 Å². The molecular weight excluding hydrogens is 594 g/mol. The highest BCUT2D eigenvalue weighted by atomic mass is 35.5. The number of aromatic nitrogens is 4. The fourth-order valence-corrected chi connectivity index (χ4v) is 5.43. The zero-order valence-electron chi connectivity index (χ0n) is 25.3. The molecule has 2 amide bonds. The number of hydrogen-bond donors (Lipinski definition) is 4. The highest BCUT2D eigenvalue weighted by Crippen LogP contribution is 2.29. The predicted octanol–water partition coefficient (Wildman–Crippen LogP) is 4.41. The average molecular weight is 634 g/mol. The molecule has 1 aliphatic carbocycles. The van der Waals surface area contributed by atoms with Crippen LogP contribution in [0.4, 0.5) is 5.69 Å². The van der Waals surface area contributed by atoms with Gasteiger partial charge in [0, 0.05) is 30.7 Å². The zero-order chi connectivity index (χ0) is 30.7. The Morgan fingerprint density at radius 1 is 0.911 bits per heavy atom. The van der Waals surface area contributed by atoms with Gasteiger partial charge < -0.3 is 25.8 Å². The Bertz CT molecular complexity index is 1480. The first-order valence-corrected chi connectivity index (χ1v) is 15.0. The van der Waals surface area contributed by atoms with Crippen molar-refractivity contribution in [1.82, 2.24) is 25.9 Å². The number of benzene rings is 3. The van der Waals surface area contributed by atoms with Crippen LogP contribution in [0, 0.1) is 11.8 Å². The maximum absolute atomic E-state index is 13.6. The van der Waals surface area contributed by atoms with E-state index in [1.807, 2.05) is 48.5 Å². The minimum Gasteiger partial charge on any atom is -0.491 e. The summed E-state index contributed by atoms with van der Waals surface area (Å²) in [6.45, 7) is 1.68. The van der Waals surface area contributed by atoms with Crippen molar-refractivity contribution in [3.8, 4) is 28.3 Å². The lowest BCUT2D eigenvalue weighted by Crippen LogP contribution is -2.48. The fraction of sp³-hybridized carbons (Fsp3) is 0.364. The lowest BCUT2D eigenvalue weighted by atomic mass is 9.81. The van der Waals surface area contributed by atoms with Gasteiger partial charge in [0.1, 0.15) is 18.4 Å². The number of amides is 2. The van der Waals surface area contributed by atoms with Crippen LogP contribution in [0.25, 0.3) is 22.5 Å². The van der Waals surface area contributed by atoms with Crippen LogP contribution in [0.5, 0.6) is 5.75 Å². The van der Waals surface area contributed by atoms with E-state index in [2.05, 4.69) is 31.3 Å². The number of carbonyl (C=O) groups is 2. The zero-order valence-corrected chi connectivity index (χ0v) is 26.1. The van der Waals surface area contributed by atoms with E-state index in [0.29, 0.717) is 43.6 Å². The quantitative estimate of drug-likeness (QED) is 0.158. The van der Waals surface area contributed by atoms with E-state index in [1.165, 1.54) is 0 Å². The summed E-state index contributed by atoms with van der Waals surface area (Å²) in [7, 11) is 1.64. The first-order valence-electron chi connectivity index (χ1n) is 15.0. The Kier molecular flexibility index (Phi) is 12.4. The van der Waals surface area contributed by atoms with E-state index < -0.39 is 6.04 Å². The van der Waals surface area contributed by atoms with Crippen LogP contribution in [0.2, 0.25) is 0 Å². The van der Waals surface area contributed by atoms with E-state index in [4.69, 9.17) is 15.2 Å². The number of nitrogens with one attached hydrogen (secondary N) is 3. The van der Waals surface area contributed by atoms with Gasteiger partial charge in [-0.3, -0.25) is 9.59 Å². The van der Waals surface area contributed by atoms with Gasteiger partial charge in [-0.15, -0.1) is 22.6 Å². The molecule has 1 heterocycles. The van der Waals surface area contributed by atoms with Gasteiger partial charge in [-0.2, -0.15) is 5.21 Å². The topological polar surface area (TPSA) is 157 Å². The molecule has 238 valence electrons. The molecule has 0 bridgehead atoms. The van der Waals surface area contributed by atoms with E-state index in [-0.39, 0.29) is 30.1 Å². The number of rotatable bonds is 13. The molecule has 45 heavy (non-hydrogen) atoms. The molecule has 5 rings (SSSR count). The Hall–Kier alpha value is -4.32. The minimum atomic E-state index is -0.749. The Balaban J connectivity index is 0.00000461. The number of halogens is 1. The van der Waals surface area contributed by atoms with Gasteiger partial charge in [-0.25, -0.2) is 0 Å². The van der Waals surface area contributed by atoms with Crippen LogP contribution in [0.3, 0.4) is 0 Å². The van der Waals surface area contributed by atoms with Crippen LogP contribution in [-0.2, 0) is 20.7 Å². The average Bonchev–Trinajstić information content (AvgIpc) is 3.61. The summed E-state index contributed by atoms with van der Waals surface area (Å²) in [5.74, 6) is 1.23. The van der Waals surface area contributed by atoms with Crippen molar-refractivity contribution in [2.24, 2.45) is 17.6 Å². The van der Waals surface area contributed by atoms with Gasteiger partial charge in [0.25, 0.3) is 0 Å². The molecule has 5 N–H and O–H groups in total. The second-order valence-corrected chi connectivity index (χ2v) is 11.1. The number of H-pyrrole nitrogens is 1. The lowest BCUT2D eigenvalue weighted by Gasteiger charge is -2.28. The molecule has 12 heteroatoms. The van der Waals surface area contributed by atoms with Crippen LogP contribution >= 0.6 is 12.4 Å². The molecule has 0 saturated heterocycles. The maximum atomic E-state index is 13.6. The molecule has 4 aromatic rings. The number of aromatic amines is 1. The molecule has 11 nitrogen and oxygen atoms in total. The van der Waals surface area contributed by atoms with Crippen molar-refractivity contribution in [1.29, 1.82) is 0 Å². The van der Waals surface area contributed by atoms with Gasteiger partial charge in [-0.1, -0.05) is 36.4 Å². The molecule has 1 saturated carbocycles. The number of tetrazole rings is 1. The summed E-state index contributed by atoms with van der Waals surface area (Å²) in [5, 5.41) is 20.0.